The predicted octanol–water partition coefficient (Wildman–Crippen LogP) is 2.10. The molecule has 2 aromatic heterocycles. The summed E-state index contributed by atoms with van der Waals surface area (Å²) in [6, 6.07) is 0.212. The summed E-state index contributed by atoms with van der Waals surface area (Å²) in [5, 5.41) is 11.8. The van der Waals surface area contributed by atoms with Gasteiger partial charge in [-0.05, 0) is 51.0 Å². The molecule has 23 heavy (non-hydrogen) atoms. The highest BCUT2D eigenvalue weighted by Gasteiger charge is 2.32. The number of nitrogens with one attached hydrogen (secondary N) is 1. The number of piperidine rings is 1. The van der Waals surface area contributed by atoms with Crippen molar-refractivity contribution in [1.29, 1.82) is 0 Å². The fraction of sp³-hybridized carbons (Fsp3) is 0.588. The van der Waals surface area contributed by atoms with Crippen molar-refractivity contribution in [2.45, 2.75) is 58.0 Å². The van der Waals surface area contributed by atoms with Crippen LogP contribution in [0.2, 0.25) is 0 Å². The second-order valence-corrected chi connectivity index (χ2v) is 6.77. The largest absolute Gasteiger partial charge is 0.332 e. The van der Waals surface area contributed by atoms with Crippen LogP contribution in [0.4, 0.5) is 0 Å². The van der Waals surface area contributed by atoms with Gasteiger partial charge in [-0.1, -0.05) is 0 Å². The molecule has 6 heteroatoms. The van der Waals surface area contributed by atoms with Gasteiger partial charge < -0.3 is 4.90 Å². The molecule has 1 amide bonds. The Labute approximate surface area is 135 Å². The Kier molecular flexibility index (Phi) is 3.67. The molecule has 1 N–H and O–H groups in total. The number of likely N-dealkylation sites (tertiary alicyclic amines) is 1. The third-order valence-corrected chi connectivity index (χ3v) is 5.06. The number of nitrogens with zero attached hydrogens (tertiary/aromatic N) is 4. The predicted molar refractivity (Wildman–Crippen MR) is 86.3 cm³/mol. The van der Waals surface area contributed by atoms with Crippen LogP contribution in [-0.4, -0.2) is 43.4 Å². The van der Waals surface area contributed by atoms with Crippen LogP contribution in [0.1, 0.15) is 53.0 Å². The zero-order valence-corrected chi connectivity index (χ0v) is 13.6. The van der Waals surface area contributed by atoms with Gasteiger partial charge in [-0.2, -0.15) is 10.2 Å². The summed E-state index contributed by atoms with van der Waals surface area (Å²) in [5.74, 6) is 0.0954. The molecule has 0 aromatic carbocycles. The molecule has 122 valence electrons. The third-order valence-electron chi connectivity index (χ3n) is 5.06. The van der Waals surface area contributed by atoms with Crippen LogP contribution in [0.15, 0.2) is 12.4 Å². The van der Waals surface area contributed by atoms with Crippen molar-refractivity contribution in [3.8, 4) is 0 Å². The molecular weight excluding hydrogens is 290 g/mol. The molecule has 0 spiro atoms. The number of aryl methyl sites for hydroxylation is 2. The Morgan fingerprint density at radius 1 is 1.35 bits per heavy atom. The lowest BCUT2D eigenvalue weighted by atomic mass is 10.0. The van der Waals surface area contributed by atoms with Crippen molar-refractivity contribution < 1.29 is 4.79 Å². The molecule has 0 radical (unpaired) electrons. The second-order valence-electron chi connectivity index (χ2n) is 6.77. The van der Waals surface area contributed by atoms with Gasteiger partial charge in [-0.25, -0.2) is 0 Å². The minimum atomic E-state index is 0.0954. The lowest BCUT2D eigenvalue weighted by Gasteiger charge is -2.35. The van der Waals surface area contributed by atoms with Crippen molar-refractivity contribution in [1.82, 2.24) is 24.9 Å². The summed E-state index contributed by atoms with van der Waals surface area (Å²) in [5.41, 5.74) is 4.11. The molecule has 2 aliphatic rings. The number of aromatic amines is 1. The van der Waals surface area contributed by atoms with Crippen LogP contribution < -0.4 is 0 Å². The molecule has 3 heterocycles. The number of fused-ring (bicyclic) bond motifs is 1. The summed E-state index contributed by atoms with van der Waals surface area (Å²) in [4.78, 5) is 15.1. The van der Waals surface area contributed by atoms with Crippen LogP contribution in [-0.2, 0) is 19.4 Å². The standard InChI is InChI=1S/C17H23N5O/c1-12-9-18-21(10-12)11-13-5-2-3-8-22(13)17(23)16-14-6-4-7-15(14)19-20-16/h9-10,13H,2-8,11H2,1H3,(H,19,20)/t13-/m1/s1. The maximum atomic E-state index is 13.0. The van der Waals surface area contributed by atoms with E-state index in [1.807, 2.05) is 28.9 Å². The lowest BCUT2D eigenvalue weighted by molar-refractivity contribution is 0.0576. The van der Waals surface area contributed by atoms with Gasteiger partial charge in [-0.15, -0.1) is 0 Å². The number of amides is 1. The van der Waals surface area contributed by atoms with Gasteiger partial charge in [-0.3, -0.25) is 14.6 Å². The molecule has 1 saturated heterocycles. The highest BCUT2D eigenvalue weighted by Crippen LogP contribution is 2.26. The average Bonchev–Trinajstić information content (AvgIpc) is 3.24. The van der Waals surface area contributed by atoms with Gasteiger partial charge >= 0.3 is 0 Å². The summed E-state index contributed by atoms with van der Waals surface area (Å²) in [7, 11) is 0. The highest BCUT2D eigenvalue weighted by molar-refractivity contribution is 5.94. The Hall–Kier alpha value is -2.11. The van der Waals surface area contributed by atoms with Crippen LogP contribution in [0, 0.1) is 6.92 Å². The van der Waals surface area contributed by atoms with E-state index >= 15 is 0 Å². The fourth-order valence-corrected chi connectivity index (χ4v) is 3.87. The smallest absolute Gasteiger partial charge is 0.274 e. The van der Waals surface area contributed by atoms with E-state index in [-0.39, 0.29) is 11.9 Å². The second kappa shape index (κ2) is 5.83. The first-order chi connectivity index (χ1) is 11.2. The molecule has 1 fully saturated rings. The van der Waals surface area contributed by atoms with E-state index in [2.05, 4.69) is 15.3 Å². The number of carbonyl (C=O) groups is 1. The summed E-state index contributed by atoms with van der Waals surface area (Å²) in [6.45, 7) is 3.64. The van der Waals surface area contributed by atoms with Crippen molar-refractivity contribution in [2.24, 2.45) is 0 Å². The Bertz CT molecular complexity index is 716. The van der Waals surface area contributed by atoms with Crippen LogP contribution in [0.25, 0.3) is 0 Å². The van der Waals surface area contributed by atoms with Gasteiger partial charge in [0.25, 0.3) is 5.91 Å². The monoisotopic (exact) mass is 313 g/mol. The van der Waals surface area contributed by atoms with Crippen molar-refractivity contribution >= 4 is 5.91 Å². The zero-order valence-electron chi connectivity index (χ0n) is 13.6. The highest BCUT2D eigenvalue weighted by atomic mass is 16.2. The molecule has 1 aliphatic heterocycles. The first-order valence-corrected chi connectivity index (χ1v) is 8.58. The summed E-state index contributed by atoms with van der Waals surface area (Å²) in [6.07, 6.45) is 10.3. The van der Waals surface area contributed by atoms with Crippen LogP contribution in [0.3, 0.4) is 0 Å². The Balaban J connectivity index is 1.55. The molecule has 6 nitrogen and oxygen atoms in total. The molecule has 0 unspecified atom stereocenters. The first-order valence-electron chi connectivity index (χ1n) is 8.58. The molecule has 2 aromatic rings. The molecular formula is C17H23N5O. The van der Waals surface area contributed by atoms with Gasteiger partial charge in [0.1, 0.15) is 0 Å². The number of hydrogen-bond donors (Lipinski definition) is 1. The number of H-pyrrole nitrogens is 1. The molecule has 0 bridgehead atoms. The van der Waals surface area contributed by atoms with E-state index in [0.717, 1.165) is 62.0 Å². The molecule has 0 saturated carbocycles. The number of aromatic nitrogens is 4. The van der Waals surface area contributed by atoms with Gasteiger partial charge in [0.15, 0.2) is 5.69 Å². The Morgan fingerprint density at radius 3 is 3.09 bits per heavy atom. The van der Waals surface area contributed by atoms with Gasteiger partial charge in [0.2, 0.25) is 0 Å². The molecule has 1 atom stereocenters. The van der Waals surface area contributed by atoms with E-state index in [1.165, 1.54) is 6.42 Å². The van der Waals surface area contributed by atoms with Gasteiger partial charge in [0.05, 0.1) is 18.8 Å². The fourth-order valence-electron chi connectivity index (χ4n) is 3.87. The van der Waals surface area contributed by atoms with Crippen molar-refractivity contribution in [3.05, 3.63) is 34.9 Å². The number of rotatable bonds is 3. The SMILES string of the molecule is Cc1cnn(C[C@H]2CCCCN2C(=O)c2n[nH]c3c2CCC3)c1. The van der Waals surface area contributed by atoms with E-state index in [9.17, 15) is 4.79 Å². The van der Waals surface area contributed by atoms with Crippen molar-refractivity contribution in [2.75, 3.05) is 6.54 Å². The minimum absolute atomic E-state index is 0.0954. The maximum absolute atomic E-state index is 13.0. The average molecular weight is 313 g/mol. The normalized spacial score (nSPS) is 20.7. The number of carbonyl (C=O) groups excluding carboxylic acids is 1. The van der Waals surface area contributed by atoms with Crippen LogP contribution in [0.5, 0.6) is 0 Å². The van der Waals surface area contributed by atoms with E-state index in [1.54, 1.807) is 0 Å². The first kappa shape index (κ1) is 14.5. The van der Waals surface area contributed by atoms with Gasteiger partial charge in [0, 0.05) is 24.0 Å². The van der Waals surface area contributed by atoms with Crippen LogP contribution >= 0.6 is 0 Å². The topological polar surface area (TPSA) is 66.8 Å². The molecule has 1 aliphatic carbocycles. The quantitative estimate of drug-likeness (QED) is 0.943. The lowest BCUT2D eigenvalue weighted by Crippen LogP contribution is -2.46. The summed E-state index contributed by atoms with van der Waals surface area (Å²) < 4.78 is 1.96. The minimum Gasteiger partial charge on any atom is -0.332 e. The van der Waals surface area contributed by atoms with Crippen molar-refractivity contribution in [3.63, 3.8) is 0 Å². The maximum Gasteiger partial charge on any atom is 0.274 e. The Morgan fingerprint density at radius 2 is 2.26 bits per heavy atom. The third kappa shape index (κ3) is 2.66. The molecule has 4 rings (SSSR count). The summed E-state index contributed by atoms with van der Waals surface area (Å²) >= 11 is 0. The number of hydrogen-bond acceptors (Lipinski definition) is 3. The van der Waals surface area contributed by atoms with E-state index in [4.69, 9.17) is 0 Å². The zero-order chi connectivity index (χ0) is 15.8. The van der Waals surface area contributed by atoms with E-state index in [0.29, 0.717) is 5.69 Å². The van der Waals surface area contributed by atoms with E-state index < -0.39 is 0 Å².